The molecule has 1 amide bonds. The van der Waals surface area contributed by atoms with Gasteiger partial charge in [0.1, 0.15) is 0 Å². The van der Waals surface area contributed by atoms with E-state index in [0.29, 0.717) is 0 Å². The highest BCUT2D eigenvalue weighted by atomic mass is 32.1. The van der Waals surface area contributed by atoms with Crippen LogP contribution >= 0.6 is 11.3 Å². The van der Waals surface area contributed by atoms with Crippen molar-refractivity contribution in [2.45, 2.75) is 6.92 Å². The summed E-state index contributed by atoms with van der Waals surface area (Å²) < 4.78 is 0. The van der Waals surface area contributed by atoms with Crippen LogP contribution in [0, 0.1) is 6.92 Å². The van der Waals surface area contributed by atoms with Crippen LogP contribution in [-0.4, -0.2) is 24.9 Å². The first-order chi connectivity index (χ1) is 8.11. The molecule has 17 heavy (non-hydrogen) atoms. The molecule has 0 aliphatic heterocycles. The van der Waals surface area contributed by atoms with Gasteiger partial charge in [0.2, 0.25) is 0 Å². The summed E-state index contributed by atoms with van der Waals surface area (Å²) >= 11 is 1.62. The van der Waals surface area contributed by atoms with Crippen molar-refractivity contribution < 1.29 is 4.79 Å². The Bertz CT molecular complexity index is 528. The summed E-state index contributed by atoms with van der Waals surface area (Å²) in [5.74, 6) is 0.0632. The third-order valence-electron chi connectivity index (χ3n) is 2.67. The number of carbonyl (C=O) groups excluding carboxylic acids is 1. The summed E-state index contributed by atoms with van der Waals surface area (Å²) in [6.45, 7) is 2.06. The Hall–Kier alpha value is -1.61. The molecule has 0 bridgehead atoms. The lowest BCUT2D eigenvalue weighted by Crippen LogP contribution is -2.21. The number of amides is 1. The van der Waals surface area contributed by atoms with Gasteiger partial charge in [-0.1, -0.05) is 30.3 Å². The van der Waals surface area contributed by atoms with E-state index < -0.39 is 0 Å². The van der Waals surface area contributed by atoms with Gasteiger partial charge in [-0.3, -0.25) is 4.79 Å². The number of benzene rings is 1. The van der Waals surface area contributed by atoms with Crippen molar-refractivity contribution in [3.05, 3.63) is 46.2 Å². The lowest BCUT2D eigenvalue weighted by molar-refractivity contribution is 0.0829. The van der Waals surface area contributed by atoms with Gasteiger partial charge >= 0.3 is 0 Å². The molecule has 1 aromatic heterocycles. The molecular formula is C14H15NOS. The summed E-state index contributed by atoms with van der Waals surface area (Å²) in [5, 5.41) is 1.94. The SMILES string of the molecule is Cc1scc(C(=O)N(C)C)c1-c1ccccc1. The molecule has 0 saturated carbocycles. The molecule has 0 atom stereocenters. The number of aryl methyl sites for hydroxylation is 1. The highest BCUT2D eigenvalue weighted by Crippen LogP contribution is 2.32. The molecule has 1 aromatic carbocycles. The second kappa shape index (κ2) is 4.72. The molecule has 0 aliphatic carbocycles. The number of carbonyl (C=O) groups is 1. The molecule has 0 saturated heterocycles. The highest BCUT2D eigenvalue weighted by Gasteiger charge is 2.18. The minimum Gasteiger partial charge on any atom is -0.345 e. The Balaban J connectivity index is 2.55. The maximum Gasteiger partial charge on any atom is 0.254 e. The van der Waals surface area contributed by atoms with Crippen molar-refractivity contribution in [2.24, 2.45) is 0 Å². The van der Waals surface area contributed by atoms with E-state index in [9.17, 15) is 4.79 Å². The molecule has 0 radical (unpaired) electrons. The lowest BCUT2D eigenvalue weighted by Gasteiger charge is -2.11. The van der Waals surface area contributed by atoms with Crippen LogP contribution in [0.25, 0.3) is 11.1 Å². The molecule has 3 heteroatoms. The first-order valence-electron chi connectivity index (χ1n) is 5.46. The fraction of sp³-hybridized carbons (Fsp3) is 0.214. The van der Waals surface area contributed by atoms with Crippen LogP contribution in [-0.2, 0) is 0 Å². The van der Waals surface area contributed by atoms with Crippen molar-refractivity contribution in [1.82, 2.24) is 4.90 Å². The molecule has 0 aliphatic rings. The minimum absolute atomic E-state index is 0.0632. The van der Waals surface area contributed by atoms with Gasteiger partial charge in [-0.15, -0.1) is 11.3 Å². The van der Waals surface area contributed by atoms with Crippen LogP contribution in [0.3, 0.4) is 0 Å². The zero-order valence-corrected chi connectivity index (χ0v) is 11.0. The summed E-state index contributed by atoms with van der Waals surface area (Å²) in [4.78, 5) is 14.9. The van der Waals surface area contributed by atoms with Gasteiger partial charge in [0.25, 0.3) is 5.91 Å². The van der Waals surface area contributed by atoms with E-state index in [2.05, 4.69) is 6.92 Å². The summed E-state index contributed by atoms with van der Waals surface area (Å²) in [6.07, 6.45) is 0. The quantitative estimate of drug-likeness (QED) is 0.794. The third-order valence-corrected chi connectivity index (χ3v) is 3.59. The molecule has 1 heterocycles. The van der Waals surface area contributed by atoms with E-state index in [0.717, 1.165) is 16.7 Å². The molecule has 0 fully saturated rings. The van der Waals surface area contributed by atoms with E-state index in [4.69, 9.17) is 0 Å². The molecule has 0 spiro atoms. The van der Waals surface area contributed by atoms with Crippen LogP contribution in [0.4, 0.5) is 0 Å². The topological polar surface area (TPSA) is 20.3 Å². The molecule has 2 rings (SSSR count). The first-order valence-corrected chi connectivity index (χ1v) is 6.34. The Labute approximate surface area is 106 Å². The second-order valence-corrected chi connectivity index (χ2v) is 5.23. The maximum absolute atomic E-state index is 12.1. The minimum atomic E-state index is 0.0632. The van der Waals surface area contributed by atoms with Crippen molar-refractivity contribution in [3.8, 4) is 11.1 Å². The fourth-order valence-corrected chi connectivity index (χ4v) is 2.68. The van der Waals surface area contributed by atoms with Crippen LogP contribution < -0.4 is 0 Å². The number of rotatable bonds is 2. The molecule has 2 nitrogen and oxygen atoms in total. The Morgan fingerprint density at radius 1 is 1.18 bits per heavy atom. The van der Waals surface area contributed by atoms with Crippen molar-refractivity contribution in [1.29, 1.82) is 0 Å². The summed E-state index contributed by atoms with van der Waals surface area (Å²) in [6, 6.07) is 10.1. The molecule has 0 N–H and O–H groups in total. The molecule has 88 valence electrons. The van der Waals surface area contributed by atoms with Crippen LogP contribution in [0.15, 0.2) is 35.7 Å². The number of hydrogen-bond acceptors (Lipinski definition) is 2. The highest BCUT2D eigenvalue weighted by molar-refractivity contribution is 7.10. The van der Waals surface area contributed by atoms with Gasteiger partial charge in [0, 0.05) is 29.9 Å². The zero-order valence-electron chi connectivity index (χ0n) is 10.2. The number of hydrogen-bond donors (Lipinski definition) is 0. The monoisotopic (exact) mass is 245 g/mol. The summed E-state index contributed by atoms with van der Waals surface area (Å²) in [7, 11) is 3.56. The van der Waals surface area contributed by atoms with E-state index in [1.54, 1.807) is 30.3 Å². The molecular weight excluding hydrogens is 230 g/mol. The van der Waals surface area contributed by atoms with Crippen LogP contribution in [0.2, 0.25) is 0 Å². The zero-order chi connectivity index (χ0) is 12.4. The van der Waals surface area contributed by atoms with Crippen molar-refractivity contribution in [2.75, 3.05) is 14.1 Å². The Morgan fingerprint density at radius 3 is 2.41 bits per heavy atom. The number of nitrogens with zero attached hydrogens (tertiary/aromatic N) is 1. The van der Waals surface area contributed by atoms with Crippen LogP contribution in [0.1, 0.15) is 15.2 Å². The standard InChI is InChI=1S/C14H15NOS/c1-10-13(11-7-5-4-6-8-11)12(9-17-10)14(16)15(2)3/h4-9H,1-3H3. The third kappa shape index (κ3) is 2.24. The normalized spacial score (nSPS) is 10.3. The van der Waals surface area contributed by atoms with E-state index in [1.807, 2.05) is 35.7 Å². The van der Waals surface area contributed by atoms with E-state index >= 15 is 0 Å². The van der Waals surface area contributed by atoms with Gasteiger partial charge in [-0.05, 0) is 12.5 Å². The largest absolute Gasteiger partial charge is 0.345 e. The second-order valence-electron chi connectivity index (χ2n) is 4.15. The Morgan fingerprint density at radius 2 is 1.82 bits per heavy atom. The maximum atomic E-state index is 12.1. The predicted octanol–water partition coefficient (Wildman–Crippen LogP) is 3.43. The number of thiophene rings is 1. The summed E-state index contributed by atoms with van der Waals surface area (Å²) in [5.41, 5.74) is 2.97. The van der Waals surface area contributed by atoms with Crippen molar-refractivity contribution >= 4 is 17.2 Å². The first kappa shape index (κ1) is 11.9. The fourth-order valence-electron chi connectivity index (χ4n) is 1.82. The lowest BCUT2D eigenvalue weighted by atomic mass is 10.0. The van der Waals surface area contributed by atoms with E-state index in [-0.39, 0.29) is 5.91 Å². The van der Waals surface area contributed by atoms with Gasteiger partial charge in [-0.25, -0.2) is 0 Å². The predicted molar refractivity (Wildman–Crippen MR) is 72.5 cm³/mol. The average molecular weight is 245 g/mol. The molecule has 2 aromatic rings. The van der Waals surface area contributed by atoms with Gasteiger partial charge < -0.3 is 4.90 Å². The van der Waals surface area contributed by atoms with Gasteiger partial charge in [0.15, 0.2) is 0 Å². The van der Waals surface area contributed by atoms with Crippen LogP contribution in [0.5, 0.6) is 0 Å². The van der Waals surface area contributed by atoms with Crippen molar-refractivity contribution in [3.63, 3.8) is 0 Å². The molecule has 0 unspecified atom stereocenters. The van der Waals surface area contributed by atoms with E-state index in [1.165, 1.54) is 4.88 Å². The van der Waals surface area contributed by atoms with Gasteiger partial charge in [0.05, 0.1) is 5.56 Å². The Kier molecular flexibility index (Phi) is 3.29. The smallest absolute Gasteiger partial charge is 0.254 e. The van der Waals surface area contributed by atoms with Gasteiger partial charge in [-0.2, -0.15) is 0 Å². The average Bonchev–Trinajstić information content (AvgIpc) is 2.71.